The van der Waals surface area contributed by atoms with E-state index in [9.17, 15) is 9.59 Å². The second-order valence-electron chi connectivity index (χ2n) is 6.77. The van der Waals surface area contributed by atoms with Gasteiger partial charge in [-0.25, -0.2) is 9.97 Å². The van der Waals surface area contributed by atoms with E-state index in [-0.39, 0.29) is 11.8 Å². The fourth-order valence-electron chi connectivity index (χ4n) is 3.04. The van der Waals surface area contributed by atoms with E-state index in [2.05, 4.69) is 25.6 Å². The fraction of sp³-hybridized carbons (Fsp3) is 0.0417. The third kappa shape index (κ3) is 4.79. The molecule has 0 bridgehead atoms. The lowest BCUT2D eigenvalue weighted by Crippen LogP contribution is -2.15. The van der Waals surface area contributed by atoms with Crippen molar-refractivity contribution in [1.29, 1.82) is 0 Å². The maximum atomic E-state index is 13.0. The Morgan fingerprint density at radius 1 is 0.774 bits per heavy atom. The van der Waals surface area contributed by atoms with Crippen molar-refractivity contribution in [3.05, 3.63) is 90.9 Å². The van der Waals surface area contributed by atoms with Crippen LogP contribution in [0.4, 0.5) is 11.4 Å². The largest absolute Gasteiger partial charge is 0.326 e. The summed E-state index contributed by atoms with van der Waals surface area (Å²) in [5.41, 5.74) is 3.73. The van der Waals surface area contributed by atoms with E-state index in [4.69, 9.17) is 0 Å². The molecular weight excluding hydrogens is 390 g/mol. The molecule has 7 nitrogen and oxygen atoms in total. The summed E-state index contributed by atoms with van der Waals surface area (Å²) in [7, 11) is 0. The van der Waals surface area contributed by atoms with Crippen molar-refractivity contribution in [2.24, 2.45) is 0 Å². The van der Waals surface area contributed by atoms with Gasteiger partial charge >= 0.3 is 0 Å². The molecule has 0 aliphatic carbocycles. The summed E-state index contributed by atoms with van der Waals surface area (Å²) in [6.45, 7) is 1.44. The highest BCUT2D eigenvalue weighted by atomic mass is 16.2. The van der Waals surface area contributed by atoms with Crippen molar-refractivity contribution < 1.29 is 9.59 Å². The molecule has 0 spiro atoms. The minimum atomic E-state index is -0.335. The van der Waals surface area contributed by atoms with E-state index in [0.717, 1.165) is 11.1 Å². The molecule has 152 valence electrons. The van der Waals surface area contributed by atoms with Crippen LogP contribution in [0.15, 0.2) is 85.3 Å². The van der Waals surface area contributed by atoms with Gasteiger partial charge in [0.15, 0.2) is 5.82 Å². The van der Waals surface area contributed by atoms with Crippen molar-refractivity contribution in [1.82, 2.24) is 15.0 Å². The van der Waals surface area contributed by atoms with Gasteiger partial charge in [-0.05, 0) is 36.4 Å². The maximum absolute atomic E-state index is 13.0. The highest BCUT2D eigenvalue weighted by Crippen LogP contribution is 2.25. The Kier molecular flexibility index (Phi) is 5.75. The third-order valence-electron chi connectivity index (χ3n) is 4.48. The van der Waals surface area contributed by atoms with E-state index >= 15 is 0 Å². The highest BCUT2D eigenvalue weighted by molar-refractivity contribution is 6.08. The zero-order chi connectivity index (χ0) is 21.6. The van der Waals surface area contributed by atoms with Crippen LogP contribution in [0.25, 0.3) is 22.6 Å². The van der Waals surface area contributed by atoms with Gasteiger partial charge in [0.1, 0.15) is 0 Å². The summed E-state index contributed by atoms with van der Waals surface area (Å²) in [6.07, 6.45) is 4.84. The molecule has 2 aromatic heterocycles. The number of nitrogens with one attached hydrogen (secondary N) is 2. The average molecular weight is 409 g/mol. The van der Waals surface area contributed by atoms with Gasteiger partial charge in [-0.2, -0.15) is 0 Å². The van der Waals surface area contributed by atoms with Gasteiger partial charge in [0.2, 0.25) is 5.91 Å². The lowest BCUT2D eigenvalue weighted by molar-refractivity contribution is -0.114. The van der Waals surface area contributed by atoms with Gasteiger partial charge in [0, 0.05) is 48.0 Å². The number of hydrogen-bond donors (Lipinski definition) is 2. The van der Waals surface area contributed by atoms with Gasteiger partial charge in [-0.1, -0.05) is 30.3 Å². The Morgan fingerprint density at radius 2 is 1.42 bits per heavy atom. The second kappa shape index (κ2) is 8.96. The molecule has 0 unspecified atom stereocenters. The van der Waals surface area contributed by atoms with Crippen LogP contribution in [-0.4, -0.2) is 26.8 Å². The van der Waals surface area contributed by atoms with Crippen molar-refractivity contribution >= 4 is 23.2 Å². The molecule has 2 N–H and O–H groups in total. The van der Waals surface area contributed by atoms with Crippen molar-refractivity contribution in [3.8, 4) is 22.6 Å². The minimum absolute atomic E-state index is 0.158. The number of amides is 2. The quantitative estimate of drug-likeness (QED) is 0.509. The molecule has 4 aromatic rings. The maximum Gasteiger partial charge on any atom is 0.259 e. The average Bonchev–Trinajstić information content (AvgIpc) is 2.81. The summed E-state index contributed by atoms with van der Waals surface area (Å²) in [6, 6.07) is 20.1. The normalized spacial score (nSPS) is 10.4. The Morgan fingerprint density at radius 3 is 2.06 bits per heavy atom. The third-order valence-corrected chi connectivity index (χ3v) is 4.48. The first-order chi connectivity index (χ1) is 15.1. The van der Waals surface area contributed by atoms with Crippen LogP contribution < -0.4 is 10.6 Å². The number of hydrogen-bond acceptors (Lipinski definition) is 5. The van der Waals surface area contributed by atoms with Crippen LogP contribution >= 0.6 is 0 Å². The van der Waals surface area contributed by atoms with Crippen LogP contribution in [0.5, 0.6) is 0 Å². The van der Waals surface area contributed by atoms with E-state index < -0.39 is 0 Å². The van der Waals surface area contributed by atoms with Crippen LogP contribution in [0.3, 0.4) is 0 Å². The number of rotatable bonds is 5. The zero-order valence-electron chi connectivity index (χ0n) is 16.7. The molecule has 2 heterocycles. The number of aromatic nitrogens is 3. The second-order valence-corrected chi connectivity index (χ2v) is 6.77. The lowest BCUT2D eigenvalue weighted by atomic mass is 10.1. The molecule has 0 aliphatic rings. The summed E-state index contributed by atoms with van der Waals surface area (Å²) < 4.78 is 0. The van der Waals surface area contributed by atoms with Gasteiger partial charge in [-0.15, -0.1) is 0 Å². The van der Waals surface area contributed by atoms with E-state index in [0.29, 0.717) is 28.5 Å². The summed E-state index contributed by atoms with van der Waals surface area (Å²) in [5.74, 6) is 0.0387. The van der Waals surface area contributed by atoms with Crippen LogP contribution in [0.1, 0.15) is 17.3 Å². The first-order valence-corrected chi connectivity index (χ1v) is 9.62. The smallest absolute Gasteiger partial charge is 0.259 e. The molecule has 2 amide bonds. The number of carbonyl (C=O) groups excluding carboxylic acids is 2. The molecule has 2 aromatic carbocycles. The molecule has 0 atom stereocenters. The molecule has 0 saturated heterocycles. The Bertz CT molecular complexity index is 1210. The molecule has 4 rings (SSSR count). The lowest BCUT2D eigenvalue weighted by Gasteiger charge is -2.12. The van der Waals surface area contributed by atoms with Crippen molar-refractivity contribution in [3.63, 3.8) is 0 Å². The molecule has 0 radical (unpaired) electrons. The number of benzene rings is 2. The predicted octanol–water partition coefficient (Wildman–Crippen LogP) is 4.42. The first-order valence-electron chi connectivity index (χ1n) is 9.62. The standard InChI is InChI=1S/C24H19N5O2/c1-16(30)27-19-7-9-20(10-8-19)28-24(31)21-15-26-23(18-5-3-2-4-6-18)29-22(21)17-11-13-25-14-12-17/h2-15H,1H3,(H,27,30)(H,28,31). The van der Waals surface area contributed by atoms with E-state index in [1.54, 1.807) is 48.8 Å². The summed E-state index contributed by atoms with van der Waals surface area (Å²) >= 11 is 0. The fourth-order valence-corrected chi connectivity index (χ4v) is 3.04. The molecule has 0 saturated carbocycles. The predicted molar refractivity (Wildman–Crippen MR) is 119 cm³/mol. The van der Waals surface area contributed by atoms with E-state index in [1.165, 1.54) is 13.1 Å². The number of nitrogens with zero attached hydrogens (tertiary/aromatic N) is 3. The van der Waals surface area contributed by atoms with Gasteiger partial charge in [-0.3, -0.25) is 14.6 Å². The zero-order valence-corrected chi connectivity index (χ0v) is 16.7. The van der Waals surface area contributed by atoms with Crippen LogP contribution in [0.2, 0.25) is 0 Å². The summed E-state index contributed by atoms with van der Waals surface area (Å²) in [5, 5.41) is 5.55. The van der Waals surface area contributed by atoms with Crippen LogP contribution in [-0.2, 0) is 4.79 Å². The van der Waals surface area contributed by atoms with Gasteiger partial charge in [0.05, 0.1) is 11.3 Å². The molecule has 0 aliphatic heterocycles. The number of pyridine rings is 1. The Labute approximate surface area is 179 Å². The number of anilines is 2. The SMILES string of the molecule is CC(=O)Nc1ccc(NC(=O)c2cnc(-c3ccccc3)nc2-c2ccncc2)cc1. The van der Waals surface area contributed by atoms with Gasteiger partial charge < -0.3 is 10.6 Å². The summed E-state index contributed by atoms with van der Waals surface area (Å²) in [4.78, 5) is 37.3. The molecule has 31 heavy (non-hydrogen) atoms. The Balaban J connectivity index is 1.66. The Hall–Kier alpha value is -4.39. The molecular formula is C24H19N5O2. The highest BCUT2D eigenvalue weighted by Gasteiger charge is 2.17. The van der Waals surface area contributed by atoms with Crippen molar-refractivity contribution in [2.45, 2.75) is 6.92 Å². The monoisotopic (exact) mass is 409 g/mol. The molecule has 0 fully saturated rings. The number of carbonyl (C=O) groups is 2. The van der Waals surface area contributed by atoms with Crippen LogP contribution in [0, 0.1) is 0 Å². The minimum Gasteiger partial charge on any atom is -0.326 e. The first kappa shape index (κ1) is 19.9. The van der Waals surface area contributed by atoms with E-state index in [1.807, 2.05) is 30.3 Å². The topological polar surface area (TPSA) is 96.9 Å². The van der Waals surface area contributed by atoms with Crippen molar-refractivity contribution in [2.75, 3.05) is 10.6 Å². The molecule has 7 heteroatoms. The van der Waals surface area contributed by atoms with Gasteiger partial charge in [0.25, 0.3) is 5.91 Å².